The molecule has 0 aliphatic rings. The third-order valence-electron chi connectivity index (χ3n) is 3.19. The first-order valence-corrected chi connectivity index (χ1v) is 6.51. The van der Waals surface area contributed by atoms with Crippen molar-refractivity contribution in [1.82, 2.24) is 4.98 Å². The number of nitrogens with one attached hydrogen (secondary N) is 1. The molecule has 2 aromatic rings. The molecule has 0 atom stereocenters. The highest BCUT2D eigenvalue weighted by Crippen LogP contribution is 2.38. The van der Waals surface area contributed by atoms with Crippen molar-refractivity contribution in [2.45, 2.75) is 19.3 Å². The van der Waals surface area contributed by atoms with Crippen LogP contribution < -0.4 is 5.32 Å². The lowest BCUT2D eigenvalue weighted by Crippen LogP contribution is -2.20. The van der Waals surface area contributed by atoms with E-state index in [-0.39, 0.29) is 11.9 Å². The Labute approximate surface area is 132 Å². The summed E-state index contributed by atoms with van der Waals surface area (Å²) in [6, 6.07) is 4.77. The van der Waals surface area contributed by atoms with Crippen molar-refractivity contribution in [3.05, 3.63) is 58.8 Å². The average molecular weight is 348 g/mol. The number of benzene rings is 1. The molecule has 0 fully saturated rings. The zero-order valence-corrected chi connectivity index (χ0v) is 12.1. The molecule has 0 unspecified atom stereocenters. The molecule has 2 rings (SSSR count). The number of carbonyl (C=O) groups is 1. The Hall–Kier alpha value is -2.58. The van der Waals surface area contributed by atoms with E-state index in [1.54, 1.807) is 0 Å². The Morgan fingerprint density at radius 1 is 1.04 bits per heavy atom. The molecule has 0 radical (unpaired) electrons. The minimum atomic E-state index is -5.02. The molecule has 0 spiro atoms. The SMILES string of the molecule is Cc1c(C(=O)Nc2ccccn2)cc(C(F)(F)F)cc1C(F)(F)F. The second kappa shape index (κ2) is 6.14. The van der Waals surface area contributed by atoms with E-state index in [0.29, 0.717) is 6.07 Å². The monoisotopic (exact) mass is 348 g/mol. The van der Waals surface area contributed by atoms with Gasteiger partial charge in [-0.2, -0.15) is 26.3 Å². The number of amides is 1. The predicted octanol–water partition coefficient (Wildman–Crippen LogP) is 4.68. The van der Waals surface area contributed by atoms with Crippen LogP contribution in [0.3, 0.4) is 0 Å². The largest absolute Gasteiger partial charge is 0.416 e. The van der Waals surface area contributed by atoms with E-state index in [1.165, 1.54) is 24.4 Å². The standard InChI is InChI=1S/C15H10F6N2O/c1-8-10(13(24)23-12-4-2-3-5-22-12)6-9(14(16,17)18)7-11(8)15(19,20)21/h2-7H,1H3,(H,22,23,24). The number of halogens is 6. The van der Waals surface area contributed by atoms with E-state index in [1.807, 2.05) is 0 Å². The molecule has 0 aliphatic carbocycles. The molecule has 1 heterocycles. The molecule has 128 valence electrons. The lowest BCUT2D eigenvalue weighted by Gasteiger charge is -2.17. The number of carbonyl (C=O) groups excluding carboxylic acids is 1. The van der Waals surface area contributed by atoms with Crippen molar-refractivity contribution in [3.63, 3.8) is 0 Å². The lowest BCUT2D eigenvalue weighted by molar-refractivity contribution is -0.143. The predicted molar refractivity (Wildman–Crippen MR) is 73.4 cm³/mol. The van der Waals surface area contributed by atoms with Crippen molar-refractivity contribution in [3.8, 4) is 0 Å². The van der Waals surface area contributed by atoms with Gasteiger partial charge in [-0.15, -0.1) is 0 Å². The van der Waals surface area contributed by atoms with Crippen LogP contribution in [0.2, 0.25) is 0 Å². The first kappa shape index (κ1) is 17.8. The number of nitrogens with zero attached hydrogens (tertiary/aromatic N) is 1. The molecule has 0 bridgehead atoms. The van der Waals surface area contributed by atoms with Gasteiger partial charge in [0.2, 0.25) is 0 Å². The minimum Gasteiger partial charge on any atom is -0.307 e. The number of alkyl halides is 6. The molecule has 1 aromatic heterocycles. The molecule has 0 saturated heterocycles. The maximum absolute atomic E-state index is 13.0. The fourth-order valence-electron chi connectivity index (χ4n) is 2.03. The van der Waals surface area contributed by atoms with Crippen LogP contribution in [0.4, 0.5) is 32.2 Å². The topological polar surface area (TPSA) is 42.0 Å². The van der Waals surface area contributed by atoms with Gasteiger partial charge >= 0.3 is 12.4 Å². The van der Waals surface area contributed by atoms with Gasteiger partial charge in [-0.1, -0.05) is 6.07 Å². The maximum atomic E-state index is 13.0. The van der Waals surface area contributed by atoms with Crippen LogP contribution in [0.25, 0.3) is 0 Å². The van der Waals surface area contributed by atoms with E-state index in [9.17, 15) is 31.1 Å². The third kappa shape index (κ3) is 3.84. The number of hydrogen-bond acceptors (Lipinski definition) is 2. The highest BCUT2D eigenvalue weighted by Gasteiger charge is 2.39. The summed E-state index contributed by atoms with van der Waals surface area (Å²) in [4.78, 5) is 15.8. The summed E-state index contributed by atoms with van der Waals surface area (Å²) in [6.07, 6.45) is -8.73. The van der Waals surface area contributed by atoms with Gasteiger partial charge in [-0.3, -0.25) is 4.79 Å². The molecule has 0 saturated carbocycles. The highest BCUT2D eigenvalue weighted by atomic mass is 19.4. The van der Waals surface area contributed by atoms with Crippen LogP contribution in [-0.2, 0) is 12.4 Å². The number of hydrogen-bond donors (Lipinski definition) is 1. The van der Waals surface area contributed by atoms with Crippen LogP contribution in [-0.4, -0.2) is 10.9 Å². The number of anilines is 1. The van der Waals surface area contributed by atoms with Gasteiger partial charge in [0.25, 0.3) is 5.91 Å². The molecule has 1 N–H and O–H groups in total. The van der Waals surface area contributed by atoms with E-state index >= 15 is 0 Å². The normalized spacial score (nSPS) is 12.1. The zero-order chi connectivity index (χ0) is 18.1. The molecule has 9 heteroatoms. The van der Waals surface area contributed by atoms with Gasteiger partial charge in [0, 0.05) is 11.8 Å². The third-order valence-corrected chi connectivity index (χ3v) is 3.19. The van der Waals surface area contributed by atoms with Crippen LogP contribution in [0, 0.1) is 6.92 Å². The van der Waals surface area contributed by atoms with Crippen LogP contribution >= 0.6 is 0 Å². The Bertz CT molecular complexity index is 753. The Kier molecular flexibility index (Phi) is 4.54. The van der Waals surface area contributed by atoms with Crippen LogP contribution in [0.5, 0.6) is 0 Å². The van der Waals surface area contributed by atoms with E-state index in [0.717, 1.165) is 6.92 Å². The fraction of sp³-hybridized carbons (Fsp3) is 0.200. The number of aromatic nitrogens is 1. The summed E-state index contributed by atoms with van der Waals surface area (Å²) in [6.45, 7) is 0.941. The Morgan fingerprint density at radius 2 is 1.71 bits per heavy atom. The lowest BCUT2D eigenvalue weighted by atomic mass is 9.97. The highest BCUT2D eigenvalue weighted by molar-refractivity contribution is 6.05. The van der Waals surface area contributed by atoms with Crippen LogP contribution in [0.1, 0.15) is 27.0 Å². The van der Waals surface area contributed by atoms with E-state index in [4.69, 9.17) is 0 Å². The van der Waals surface area contributed by atoms with Gasteiger partial charge < -0.3 is 5.32 Å². The molecular weight excluding hydrogens is 338 g/mol. The van der Waals surface area contributed by atoms with Gasteiger partial charge in [0.1, 0.15) is 5.82 Å². The Balaban J connectivity index is 2.54. The summed E-state index contributed by atoms with van der Waals surface area (Å²) < 4.78 is 77.5. The summed E-state index contributed by atoms with van der Waals surface area (Å²) in [7, 11) is 0. The van der Waals surface area contributed by atoms with Gasteiger partial charge in [-0.05, 0) is 36.8 Å². The van der Waals surface area contributed by atoms with Crippen molar-refractivity contribution >= 4 is 11.7 Å². The van der Waals surface area contributed by atoms with E-state index < -0.39 is 40.5 Å². The smallest absolute Gasteiger partial charge is 0.307 e. The quantitative estimate of drug-likeness (QED) is 0.801. The summed E-state index contributed by atoms with van der Waals surface area (Å²) in [5.41, 5.74) is -4.37. The van der Waals surface area contributed by atoms with Gasteiger partial charge in [-0.25, -0.2) is 4.98 Å². The summed E-state index contributed by atoms with van der Waals surface area (Å²) in [5, 5.41) is 2.17. The van der Waals surface area contributed by atoms with Gasteiger partial charge in [0.15, 0.2) is 0 Å². The first-order chi connectivity index (χ1) is 11.0. The zero-order valence-electron chi connectivity index (χ0n) is 12.1. The summed E-state index contributed by atoms with van der Waals surface area (Å²) >= 11 is 0. The van der Waals surface area contributed by atoms with E-state index in [2.05, 4.69) is 10.3 Å². The number of pyridine rings is 1. The Morgan fingerprint density at radius 3 is 2.21 bits per heavy atom. The number of rotatable bonds is 2. The first-order valence-electron chi connectivity index (χ1n) is 6.51. The molecule has 1 amide bonds. The van der Waals surface area contributed by atoms with Crippen molar-refractivity contribution in [2.75, 3.05) is 5.32 Å². The average Bonchev–Trinajstić information content (AvgIpc) is 2.45. The summed E-state index contributed by atoms with van der Waals surface area (Å²) in [5.74, 6) is -1.10. The second-order valence-corrected chi connectivity index (χ2v) is 4.86. The van der Waals surface area contributed by atoms with Crippen molar-refractivity contribution in [2.24, 2.45) is 0 Å². The molecule has 1 aromatic carbocycles. The van der Waals surface area contributed by atoms with Crippen molar-refractivity contribution < 1.29 is 31.1 Å². The maximum Gasteiger partial charge on any atom is 0.416 e. The minimum absolute atomic E-state index is 0.00706. The fourth-order valence-corrected chi connectivity index (χ4v) is 2.03. The van der Waals surface area contributed by atoms with Crippen molar-refractivity contribution in [1.29, 1.82) is 0 Å². The molecule has 24 heavy (non-hydrogen) atoms. The van der Waals surface area contributed by atoms with Gasteiger partial charge in [0.05, 0.1) is 11.1 Å². The second-order valence-electron chi connectivity index (χ2n) is 4.86. The molecular formula is C15H10F6N2O. The van der Waals surface area contributed by atoms with Crippen LogP contribution in [0.15, 0.2) is 36.5 Å². The molecule has 0 aliphatic heterocycles. The molecule has 3 nitrogen and oxygen atoms in total.